The first-order valence-electron chi connectivity index (χ1n) is 10.4. The fourth-order valence-electron chi connectivity index (χ4n) is 3.98. The Labute approximate surface area is 185 Å². The second kappa shape index (κ2) is 9.23. The smallest absolute Gasteiger partial charge is 0.410 e. The number of carbonyl (C=O) groups excluding carboxylic acids is 2. The molecule has 1 saturated heterocycles. The third kappa shape index (κ3) is 4.50. The van der Waals surface area contributed by atoms with Gasteiger partial charge in [-0.15, -0.1) is 0 Å². The van der Waals surface area contributed by atoms with Crippen molar-refractivity contribution < 1.29 is 19.4 Å². The van der Waals surface area contributed by atoms with Gasteiger partial charge < -0.3 is 19.7 Å². The lowest BCUT2D eigenvalue weighted by atomic mass is 10.1. The first-order valence-corrected chi connectivity index (χ1v) is 10.4. The van der Waals surface area contributed by atoms with Crippen LogP contribution in [-0.2, 0) is 29.7 Å². The number of rotatable bonds is 5. The molecule has 166 valence electrons. The largest absolute Gasteiger partial charge is 0.445 e. The van der Waals surface area contributed by atoms with E-state index in [1.54, 1.807) is 17.7 Å². The van der Waals surface area contributed by atoms with Crippen LogP contribution in [0.1, 0.15) is 17.5 Å². The van der Waals surface area contributed by atoms with Crippen molar-refractivity contribution in [1.29, 1.82) is 0 Å². The van der Waals surface area contributed by atoms with Crippen LogP contribution < -0.4 is 10.9 Å². The molecule has 1 fully saturated rings. The monoisotopic (exact) mass is 435 g/mol. The van der Waals surface area contributed by atoms with Gasteiger partial charge in [0.25, 0.3) is 5.56 Å². The van der Waals surface area contributed by atoms with Crippen molar-refractivity contribution in [3.63, 3.8) is 0 Å². The highest BCUT2D eigenvalue weighted by atomic mass is 16.6. The predicted molar refractivity (Wildman–Crippen MR) is 119 cm³/mol. The van der Waals surface area contributed by atoms with Crippen LogP contribution in [0.2, 0.25) is 0 Å². The van der Waals surface area contributed by atoms with E-state index in [9.17, 15) is 19.5 Å². The summed E-state index contributed by atoms with van der Waals surface area (Å²) in [6, 6.07) is 17.6. The molecule has 32 heavy (non-hydrogen) atoms. The Balaban J connectivity index is 1.43. The fraction of sp³-hybridized carbons (Fsp3) is 0.292. The minimum absolute atomic E-state index is 0.0173. The molecule has 0 aliphatic carbocycles. The quantitative estimate of drug-likeness (QED) is 0.638. The van der Waals surface area contributed by atoms with Gasteiger partial charge in [-0.25, -0.2) is 4.79 Å². The molecule has 3 aromatic rings. The van der Waals surface area contributed by atoms with E-state index in [1.807, 2.05) is 54.6 Å². The standard InChI is InChI=1S/C24H25N3O5/c1-26-20-10-6-5-9-17(20)11-18(23(26)30)13-25-22(29)21-12-19(28)14-27(21)24(31)32-15-16-7-3-2-4-8-16/h2-11,19,21,28H,12-15H2,1H3,(H,25,29)/t19-,21+/m1/s1. The van der Waals surface area contributed by atoms with E-state index in [4.69, 9.17) is 4.74 Å². The van der Waals surface area contributed by atoms with Crippen molar-refractivity contribution in [2.24, 2.45) is 7.05 Å². The summed E-state index contributed by atoms with van der Waals surface area (Å²) in [5.74, 6) is -0.437. The summed E-state index contributed by atoms with van der Waals surface area (Å²) in [6.07, 6.45) is -1.36. The minimum Gasteiger partial charge on any atom is -0.445 e. The van der Waals surface area contributed by atoms with Gasteiger partial charge >= 0.3 is 6.09 Å². The highest BCUT2D eigenvalue weighted by molar-refractivity contribution is 5.86. The molecule has 2 atom stereocenters. The number of likely N-dealkylation sites (tertiary alicyclic amines) is 1. The molecule has 8 nitrogen and oxygen atoms in total. The minimum atomic E-state index is -0.863. The van der Waals surface area contributed by atoms with Crippen LogP contribution in [0.3, 0.4) is 0 Å². The summed E-state index contributed by atoms with van der Waals surface area (Å²) in [6.45, 7) is 0.118. The zero-order chi connectivity index (χ0) is 22.7. The van der Waals surface area contributed by atoms with E-state index in [-0.39, 0.29) is 31.7 Å². The molecule has 2 heterocycles. The van der Waals surface area contributed by atoms with Crippen molar-refractivity contribution in [2.75, 3.05) is 6.54 Å². The topological polar surface area (TPSA) is 101 Å². The second-order valence-corrected chi connectivity index (χ2v) is 7.91. The van der Waals surface area contributed by atoms with Gasteiger partial charge in [0.1, 0.15) is 12.6 Å². The lowest BCUT2D eigenvalue weighted by molar-refractivity contribution is -0.125. The van der Waals surface area contributed by atoms with E-state index in [1.165, 1.54) is 4.90 Å². The van der Waals surface area contributed by atoms with Gasteiger partial charge in [-0.1, -0.05) is 48.5 Å². The van der Waals surface area contributed by atoms with Crippen molar-refractivity contribution in [1.82, 2.24) is 14.8 Å². The van der Waals surface area contributed by atoms with Crippen LogP contribution in [0.5, 0.6) is 0 Å². The van der Waals surface area contributed by atoms with Gasteiger partial charge in [-0.05, 0) is 23.1 Å². The Bertz CT molecular complexity index is 1190. The van der Waals surface area contributed by atoms with Gasteiger partial charge in [-0.3, -0.25) is 14.5 Å². The Morgan fingerprint density at radius 3 is 2.62 bits per heavy atom. The maximum absolute atomic E-state index is 12.8. The number of fused-ring (bicyclic) bond motifs is 1. The number of para-hydroxylation sites is 1. The van der Waals surface area contributed by atoms with E-state index in [0.29, 0.717) is 5.56 Å². The van der Waals surface area contributed by atoms with Crippen LogP contribution in [-0.4, -0.2) is 45.3 Å². The molecule has 8 heteroatoms. The van der Waals surface area contributed by atoms with Crippen LogP contribution in [0, 0.1) is 0 Å². The summed E-state index contributed by atoms with van der Waals surface area (Å²) in [5, 5.41) is 13.7. The molecule has 0 unspecified atom stereocenters. The summed E-state index contributed by atoms with van der Waals surface area (Å²) in [5.41, 5.74) is 1.87. The molecular weight excluding hydrogens is 410 g/mol. The molecule has 0 spiro atoms. The fourth-order valence-corrected chi connectivity index (χ4v) is 3.98. The van der Waals surface area contributed by atoms with Crippen LogP contribution in [0.15, 0.2) is 65.5 Å². The van der Waals surface area contributed by atoms with Crippen LogP contribution in [0.4, 0.5) is 4.79 Å². The van der Waals surface area contributed by atoms with Gasteiger partial charge in [0.2, 0.25) is 5.91 Å². The number of hydrogen-bond donors (Lipinski definition) is 2. The van der Waals surface area contributed by atoms with Crippen LogP contribution >= 0.6 is 0 Å². The highest BCUT2D eigenvalue weighted by Gasteiger charge is 2.39. The zero-order valence-electron chi connectivity index (χ0n) is 17.7. The van der Waals surface area contributed by atoms with Crippen LogP contribution in [0.25, 0.3) is 10.9 Å². The van der Waals surface area contributed by atoms with Crippen molar-refractivity contribution >= 4 is 22.9 Å². The molecule has 1 aromatic heterocycles. The average molecular weight is 435 g/mol. The zero-order valence-corrected chi connectivity index (χ0v) is 17.7. The first kappa shape index (κ1) is 21.6. The van der Waals surface area contributed by atoms with Crippen molar-refractivity contribution in [3.8, 4) is 0 Å². The van der Waals surface area contributed by atoms with E-state index >= 15 is 0 Å². The maximum Gasteiger partial charge on any atom is 0.410 e. The third-order valence-electron chi connectivity index (χ3n) is 5.68. The van der Waals surface area contributed by atoms with E-state index in [2.05, 4.69) is 5.32 Å². The van der Waals surface area contributed by atoms with Gasteiger partial charge in [0.15, 0.2) is 0 Å². The normalized spacial score (nSPS) is 18.0. The number of aromatic nitrogens is 1. The highest BCUT2D eigenvalue weighted by Crippen LogP contribution is 2.20. The SMILES string of the molecule is Cn1c(=O)c(CNC(=O)[C@@H]2C[C@@H](O)CN2C(=O)OCc2ccccc2)cc2ccccc21. The summed E-state index contributed by atoms with van der Waals surface area (Å²) < 4.78 is 6.87. The van der Waals surface area contributed by atoms with E-state index < -0.39 is 24.1 Å². The third-order valence-corrected chi connectivity index (χ3v) is 5.68. The number of pyridine rings is 1. The van der Waals surface area contributed by atoms with E-state index in [0.717, 1.165) is 16.5 Å². The molecule has 2 aromatic carbocycles. The number of benzene rings is 2. The van der Waals surface area contributed by atoms with Gasteiger partial charge in [-0.2, -0.15) is 0 Å². The predicted octanol–water partition coefficient (Wildman–Crippen LogP) is 1.93. The summed E-state index contributed by atoms with van der Waals surface area (Å²) >= 11 is 0. The number of aryl methyl sites for hydroxylation is 1. The lowest BCUT2D eigenvalue weighted by Crippen LogP contribution is -2.46. The molecule has 0 bridgehead atoms. The van der Waals surface area contributed by atoms with Crippen molar-refractivity contribution in [2.45, 2.75) is 31.7 Å². The molecule has 2 amide bonds. The van der Waals surface area contributed by atoms with Gasteiger partial charge in [0.05, 0.1) is 18.2 Å². The number of nitrogens with zero attached hydrogens (tertiary/aromatic N) is 2. The Morgan fingerprint density at radius 1 is 1.12 bits per heavy atom. The second-order valence-electron chi connectivity index (χ2n) is 7.91. The number of carbonyl (C=O) groups is 2. The number of aliphatic hydroxyl groups excluding tert-OH is 1. The molecule has 4 rings (SSSR count). The maximum atomic E-state index is 12.8. The number of ether oxygens (including phenoxy) is 1. The molecular formula is C24H25N3O5. The number of β-amino-alcohol motifs (C(OH)–C–C–N with tert-alkyl or cyclic N) is 1. The molecule has 0 saturated carbocycles. The average Bonchev–Trinajstić information content (AvgIpc) is 3.21. The van der Waals surface area contributed by atoms with Crippen molar-refractivity contribution in [3.05, 3.63) is 82.1 Å². The summed E-state index contributed by atoms with van der Waals surface area (Å²) in [4.78, 5) is 39.3. The Morgan fingerprint density at radius 2 is 1.84 bits per heavy atom. The number of amides is 2. The molecule has 1 aliphatic rings. The molecule has 2 N–H and O–H groups in total. The lowest BCUT2D eigenvalue weighted by Gasteiger charge is -2.23. The Hall–Kier alpha value is -3.65. The van der Waals surface area contributed by atoms with Gasteiger partial charge in [0, 0.05) is 25.6 Å². The Kier molecular flexibility index (Phi) is 6.23. The number of hydrogen-bond acceptors (Lipinski definition) is 5. The molecule has 0 radical (unpaired) electrons. The molecule has 1 aliphatic heterocycles. The number of nitrogens with one attached hydrogen (secondary N) is 1. The number of aliphatic hydroxyl groups is 1. The first-order chi connectivity index (χ1) is 15.4. The summed E-state index contributed by atoms with van der Waals surface area (Å²) in [7, 11) is 1.69.